The standard InChI is InChI=1S/C10H17N3OS/c1-2-5-12-6-3-4-7-9(8(6)14)15-10(11)13-7/h6,8,12,14H,2-5H2,1H3,(H2,11,13)/t6?,8-/m0/s1. The first-order valence-electron chi connectivity index (χ1n) is 5.39. The normalized spacial score (nSPS) is 25.2. The molecule has 15 heavy (non-hydrogen) atoms. The summed E-state index contributed by atoms with van der Waals surface area (Å²) in [5.41, 5.74) is 6.63. The third-order valence-electron chi connectivity index (χ3n) is 2.74. The fourth-order valence-corrected chi connectivity index (χ4v) is 2.90. The number of hydrogen-bond acceptors (Lipinski definition) is 5. The second-order valence-electron chi connectivity index (χ2n) is 3.91. The fourth-order valence-electron chi connectivity index (χ4n) is 1.97. The smallest absolute Gasteiger partial charge is 0.180 e. The van der Waals surface area contributed by atoms with Gasteiger partial charge in [0.25, 0.3) is 0 Å². The highest BCUT2D eigenvalue weighted by Crippen LogP contribution is 2.35. The minimum atomic E-state index is -0.435. The summed E-state index contributed by atoms with van der Waals surface area (Å²) < 4.78 is 0. The Hall–Kier alpha value is -0.650. The van der Waals surface area contributed by atoms with Crippen LogP contribution in [-0.2, 0) is 6.42 Å². The van der Waals surface area contributed by atoms with Crippen molar-refractivity contribution < 1.29 is 5.11 Å². The molecule has 0 saturated heterocycles. The number of fused-ring (bicyclic) bond motifs is 1. The van der Waals surface area contributed by atoms with Gasteiger partial charge in [-0.3, -0.25) is 0 Å². The molecule has 5 heteroatoms. The molecule has 2 atom stereocenters. The van der Waals surface area contributed by atoms with Gasteiger partial charge in [0.1, 0.15) is 6.10 Å². The maximum atomic E-state index is 10.1. The van der Waals surface area contributed by atoms with Crippen LogP contribution in [-0.4, -0.2) is 22.7 Å². The van der Waals surface area contributed by atoms with Crippen LogP contribution in [0.2, 0.25) is 0 Å². The highest BCUT2D eigenvalue weighted by molar-refractivity contribution is 7.15. The summed E-state index contributed by atoms with van der Waals surface area (Å²) in [6, 6.07) is 0.164. The van der Waals surface area contributed by atoms with Gasteiger partial charge >= 0.3 is 0 Å². The number of anilines is 1. The van der Waals surface area contributed by atoms with Crippen LogP contribution in [0.15, 0.2) is 0 Å². The van der Waals surface area contributed by atoms with Crippen molar-refractivity contribution in [2.45, 2.75) is 38.3 Å². The van der Waals surface area contributed by atoms with Crippen LogP contribution in [0.25, 0.3) is 0 Å². The zero-order valence-corrected chi connectivity index (χ0v) is 9.68. The van der Waals surface area contributed by atoms with Crippen molar-refractivity contribution in [2.75, 3.05) is 12.3 Å². The zero-order chi connectivity index (χ0) is 10.8. The van der Waals surface area contributed by atoms with Gasteiger partial charge in [-0.25, -0.2) is 4.98 Å². The van der Waals surface area contributed by atoms with Crippen LogP contribution in [0.3, 0.4) is 0 Å². The first-order valence-corrected chi connectivity index (χ1v) is 6.20. The number of rotatable bonds is 3. The van der Waals surface area contributed by atoms with E-state index in [1.807, 2.05) is 0 Å². The average molecular weight is 227 g/mol. The van der Waals surface area contributed by atoms with Gasteiger partial charge in [-0.05, 0) is 25.8 Å². The van der Waals surface area contributed by atoms with E-state index < -0.39 is 6.10 Å². The minimum Gasteiger partial charge on any atom is -0.386 e. The number of aryl methyl sites for hydroxylation is 1. The summed E-state index contributed by atoms with van der Waals surface area (Å²) in [5, 5.41) is 14.0. The van der Waals surface area contributed by atoms with Crippen LogP contribution in [0.1, 0.15) is 36.4 Å². The van der Waals surface area contributed by atoms with Gasteiger partial charge < -0.3 is 16.2 Å². The van der Waals surface area contributed by atoms with E-state index in [4.69, 9.17) is 5.73 Å². The topological polar surface area (TPSA) is 71.2 Å². The van der Waals surface area contributed by atoms with Gasteiger partial charge in [0, 0.05) is 6.04 Å². The molecule has 1 unspecified atom stereocenters. The Bertz CT molecular complexity index is 339. The molecule has 0 fully saturated rings. The largest absolute Gasteiger partial charge is 0.386 e. The van der Waals surface area contributed by atoms with Gasteiger partial charge in [0.2, 0.25) is 0 Å². The van der Waals surface area contributed by atoms with Crippen LogP contribution < -0.4 is 11.1 Å². The Balaban J connectivity index is 2.11. The number of nitrogen functional groups attached to an aromatic ring is 1. The maximum Gasteiger partial charge on any atom is 0.180 e. The fraction of sp³-hybridized carbons (Fsp3) is 0.700. The average Bonchev–Trinajstić information content (AvgIpc) is 2.59. The highest BCUT2D eigenvalue weighted by atomic mass is 32.1. The minimum absolute atomic E-state index is 0.164. The number of aliphatic hydroxyl groups excluding tert-OH is 1. The first-order chi connectivity index (χ1) is 7.22. The number of aliphatic hydroxyl groups is 1. The molecule has 1 aliphatic carbocycles. The van der Waals surface area contributed by atoms with Crippen LogP contribution in [0, 0.1) is 0 Å². The Labute approximate surface area is 93.5 Å². The predicted octanol–water partition coefficient (Wildman–Crippen LogP) is 1.07. The lowest BCUT2D eigenvalue weighted by atomic mass is 9.95. The third kappa shape index (κ3) is 2.14. The molecule has 0 aromatic carbocycles. The molecule has 0 radical (unpaired) electrons. The number of aromatic nitrogens is 1. The molecule has 0 spiro atoms. The summed E-state index contributed by atoms with van der Waals surface area (Å²) in [4.78, 5) is 5.18. The van der Waals surface area contributed by atoms with Gasteiger partial charge in [-0.2, -0.15) is 0 Å². The van der Waals surface area contributed by atoms with Crippen molar-refractivity contribution in [1.82, 2.24) is 10.3 Å². The number of nitrogens with zero attached hydrogens (tertiary/aromatic N) is 1. The summed E-state index contributed by atoms with van der Waals surface area (Å²) in [6.07, 6.45) is 2.51. The molecule has 1 aromatic heterocycles. The lowest BCUT2D eigenvalue weighted by molar-refractivity contribution is 0.118. The molecule has 0 saturated carbocycles. The quantitative estimate of drug-likeness (QED) is 0.722. The lowest BCUT2D eigenvalue weighted by Gasteiger charge is -2.27. The number of thiazole rings is 1. The zero-order valence-electron chi connectivity index (χ0n) is 8.86. The van der Waals surface area contributed by atoms with E-state index in [-0.39, 0.29) is 6.04 Å². The number of nitrogens with one attached hydrogen (secondary N) is 1. The van der Waals surface area contributed by atoms with E-state index in [9.17, 15) is 5.11 Å². The maximum absolute atomic E-state index is 10.1. The molecule has 0 amide bonds. The molecule has 1 aliphatic rings. The number of hydrogen-bond donors (Lipinski definition) is 3. The van der Waals surface area contributed by atoms with Crippen molar-refractivity contribution in [3.8, 4) is 0 Å². The summed E-state index contributed by atoms with van der Waals surface area (Å²) in [5.74, 6) is 0. The van der Waals surface area contributed by atoms with Gasteiger partial charge in [-0.15, -0.1) is 0 Å². The van der Waals surface area contributed by atoms with E-state index in [1.165, 1.54) is 11.3 Å². The van der Waals surface area contributed by atoms with Crippen molar-refractivity contribution in [3.05, 3.63) is 10.6 Å². The summed E-state index contributed by atoms with van der Waals surface area (Å²) >= 11 is 1.41. The monoisotopic (exact) mass is 227 g/mol. The second-order valence-corrected chi connectivity index (χ2v) is 4.97. The SMILES string of the molecule is CCCNC1CCc2nc(N)sc2[C@H]1O. The first kappa shape index (κ1) is 10.9. The number of nitrogens with two attached hydrogens (primary N) is 1. The molecule has 0 aliphatic heterocycles. The van der Waals surface area contributed by atoms with Gasteiger partial charge in [-0.1, -0.05) is 18.3 Å². The van der Waals surface area contributed by atoms with E-state index in [1.54, 1.807) is 0 Å². The molecule has 4 N–H and O–H groups in total. The van der Waals surface area contributed by atoms with E-state index in [0.717, 1.165) is 36.4 Å². The van der Waals surface area contributed by atoms with Crippen LogP contribution in [0.5, 0.6) is 0 Å². The second kappa shape index (κ2) is 4.47. The van der Waals surface area contributed by atoms with Gasteiger partial charge in [0.05, 0.1) is 10.6 Å². The summed E-state index contributed by atoms with van der Waals surface area (Å²) in [6.45, 7) is 3.07. The Morgan fingerprint density at radius 1 is 1.67 bits per heavy atom. The van der Waals surface area contributed by atoms with Crippen LogP contribution in [0.4, 0.5) is 5.13 Å². The van der Waals surface area contributed by atoms with Crippen molar-refractivity contribution >= 4 is 16.5 Å². The molecule has 1 aromatic rings. The molecule has 84 valence electrons. The molecular weight excluding hydrogens is 210 g/mol. The van der Waals surface area contributed by atoms with Crippen molar-refractivity contribution in [2.24, 2.45) is 0 Å². The Morgan fingerprint density at radius 2 is 2.47 bits per heavy atom. The van der Waals surface area contributed by atoms with Crippen molar-refractivity contribution in [1.29, 1.82) is 0 Å². The van der Waals surface area contributed by atoms with Crippen molar-refractivity contribution in [3.63, 3.8) is 0 Å². The van der Waals surface area contributed by atoms with E-state index in [0.29, 0.717) is 5.13 Å². The lowest BCUT2D eigenvalue weighted by Crippen LogP contribution is -2.38. The Kier molecular flexibility index (Phi) is 3.23. The summed E-state index contributed by atoms with van der Waals surface area (Å²) in [7, 11) is 0. The predicted molar refractivity (Wildman–Crippen MR) is 61.9 cm³/mol. The molecule has 2 rings (SSSR count). The van der Waals surface area contributed by atoms with Gasteiger partial charge in [0.15, 0.2) is 5.13 Å². The highest BCUT2D eigenvalue weighted by Gasteiger charge is 2.30. The Morgan fingerprint density at radius 3 is 3.20 bits per heavy atom. The molecular formula is C10H17N3OS. The van der Waals surface area contributed by atoms with Crippen LogP contribution >= 0.6 is 11.3 Å². The van der Waals surface area contributed by atoms with E-state index in [2.05, 4.69) is 17.2 Å². The molecule has 4 nitrogen and oxygen atoms in total. The van der Waals surface area contributed by atoms with E-state index >= 15 is 0 Å². The molecule has 0 bridgehead atoms. The third-order valence-corrected chi connectivity index (χ3v) is 3.74. The molecule has 1 heterocycles.